The van der Waals surface area contributed by atoms with Gasteiger partial charge in [0.15, 0.2) is 0 Å². The molecule has 3 aromatic rings. The topological polar surface area (TPSA) is 89.5 Å². The largest absolute Gasteiger partial charge is 0.494 e. The van der Waals surface area contributed by atoms with Gasteiger partial charge in [-0.3, -0.25) is 0 Å². The molecule has 2 aromatic heterocycles. The number of pyridine rings is 1. The molecule has 0 radical (unpaired) electrons. The summed E-state index contributed by atoms with van der Waals surface area (Å²) in [5.74, 6) is 1.70. The third-order valence-corrected chi connectivity index (χ3v) is 5.96. The van der Waals surface area contributed by atoms with Crippen molar-refractivity contribution >= 4 is 22.8 Å². The average Bonchev–Trinajstić information content (AvgIpc) is 2.78. The number of piperidine rings is 1. The van der Waals surface area contributed by atoms with E-state index in [0.717, 1.165) is 59.5 Å². The van der Waals surface area contributed by atoms with Crippen LogP contribution in [0.5, 0.6) is 5.75 Å². The van der Waals surface area contributed by atoms with E-state index in [1.54, 1.807) is 6.33 Å². The maximum Gasteiger partial charge on any atom is 0.408 e. The molecule has 0 saturated carbocycles. The second-order valence-corrected chi connectivity index (χ2v) is 9.94. The lowest BCUT2D eigenvalue weighted by molar-refractivity contribution is 0.0448. The predicted molar refractivity (Wildman–Crippen MR) is 133 cm³/mol. The van der Waals surface area contributed by atoms with Crippen molar-refractivity contribution in [1.82, 2.24) is 20.3 Å². The Balaban J connectivity index is 1.47. The molecule has 1 N–H and O–H groups in total. The van der Waals surface area contributed by atoms with Gasteiger partial charge in [-0.15, -0.1) is 0 Å². The molecule has 1 aromatic carbocycles. The van der Waals surface area contributed by atoms with E-state index in [1.165, 1.54) is 0 Å². The third kappa shape index (κ3) is 5.55. The number of fused-ring (bicyclic) bond motifs is 1. The first-order valence-electron chi connectivity index (χ1n) is 11.7. The molecule has 1 amide bonds. The number of nitrogens with zero attached hydrogens (tertiary/aromatic N) is 4. The number of benzene rings is 1. The molecule has 0 atom stereocenters. The van der Waals surface area contributed by atoms with Crippen LogP contribution >= 0.6 is 0 Å². The van der Waals surface area contributed by atoms with Crippen LogP contribution in [0.3, 0.4) is 0 Å². The Morgan fingerprint density at radius 3 is 2.56 bits per heavy atom. The molecule has 0 bridgehead atoms. The Kier molecular flexibility index (Phi) is 6.59. The second kappa shape index (κ2) is 9.44. The summed E-state index contributed by atoms with van der Waals surface area (Å²) in [5.41, 5.74) is 2.02. The minimum atomic E-state index is -0.507. The summed E-state index contributed by atoms with van der Waals surface area (Å²) >= 11 is 0. The summed E-state index contributed by atoms with van der Waals surface area (Å²) in [4.78, 5) is 27.8. The van der Waals surface area contributed by atoms with Gasteiger partial charge in [0.25, 0.3) is 0 Å². The Morgan fingerprint density at radius 1 is 1.15 bits per heavy atom. The van der Waals surface area contributed by atoms with Crippen LogP contribution in [0.4, 0.5) is 10.6 Å². The summed E-state index contributed by atoms with van der Waals surface area (Å²) in [6.07, 6.45) is 6.52. The average molecular weight is 464 g/mol. The van der Waals surface area contributed by atoms with E-state index in [2.05, 4.69) is 33.2 Å². The van der Waals surface area contributed by atoms with Gasteiger partial charge in [-0.1, -0.05) is 0 Å². The van der Waals surface area contributed by atoms with Crippen molar-refractivity contribution in [1.29, 1.82) is 0 Å². The summed E-state index contributed by atoms with van der Waals surface area (Å²) in [5, 5.41) is 4.02. The highest BCUT2D eigenvalue weighted by Crippen LogP contribution is 2.33. The smallest absolute Gasteiger partial charge is 0.408 e. The minimum absolute atomic E-state index is 0.294. The second-order valence-electron chi connectivity index (χ2n) is 9.94. The number of alkyl carbamates (subject to hydrolysis) is 1. The van der Waals surface area contributed by atoms with Crippen LogP contribution in [0.2, 0.25) is 0 Å². The fraction of sp³-hybridized carbons (Fsp3) is 0.462. The van der Waals surface area contributed by atoms with Crippen LogP contribution in [-0.4, -0.2) is 51.9 Å². The van der Waals surface area contributed by atoms with E-state index in [4.69, 9.17) is 14.5 Å². The quantitative estimate of drug-likeness (QED) is 0.571. The monoisotopic (exact) mass is 463 g/mol. The van der Waals surface area contributed by atoms with Gasteiger partial charge >= 0.3 is 6.09 Å². The number of hydrogen-bond donors (Lipinski definition) is 1. The molecule has 1 fully saturated rings. The van der Waals surface area contributed by atoms with E-state index in [9.17, 15) is 4.79 Å². The molecule has 0 aliphatic carbocycles. The first-order valence-corrected chi connectivity index (χ1v) is 11.7. The summed E-state index contributed by atoms with van der Waals surface area (Å²) < 4.78 is 11.2. The van der Waals surface area contributed by atoms with Gasteiger partial charge in [0.05, 0.1) is 12.1 Å². The highest BCUT2D eigenvalue weighted by Gasteiger charge is 2.33. The predicted octanol–water partition coefficient (Wildman–Crippen LogP) is 4.97. The van der Waals surface area contributed by atoms with Crippen LogP contribution in [-0.2, 0) is 4.74 Å². The lowest BCUT2D eigenvalue weighted by atomic mass is 9.90. The van der Waals surface area contributed by atoms with Crippen molar-refractivity contribution in [3.63, 3.8) is 0 Å². The Labute approximate surface area is 200 Å². The number of carbonyl (C=O) groups excluding carboxylic acids is 1. The number of carbonyl (C=O) groups is 1. The fourth-order valence-electron chi connectivity index (χ4n) is 4.18. The van der Waals surface area contributed by atoms with Crippen molar-refractivity contribution in [2.45, 2.75) is 58.6 Å². The van der Waals surface area contributed by atoms with Gasteiger partial charge in [0.1, 0.15) is 23.5 Å². The number of aromatic nitrogens is 3. The highest BCUT2D eigenvalue weighted by atomic mass is 16.6. The fourth-order valence-corrected chi connectivity index (χ4v) is 4.18. The van der Waals surface area contributed by atoms with Crippen LogP contribution in [0.25, 0.3) is 22.0 Å². The van der Waals surface area contributed by atoms with Gasteiger partial charge in [-0.25, -0.2) is 19.7 Å². The molecule has 1 aliphatic heterocycles. The van der Waals surface area contributed by atoms with Crippen LogP contribution in [0.15, 0.2) is 43.0 Å². The van der Waals surface area contributed by atoms with Crippen molar-refractivity contribution in [2.24, 2.45) is 0 Å². The van der Waals surface area contributed by atoms with Crippen molar-refractivity contribution in [3.05, 3.63) is 43.0 Å². The Bertz CT molecular complexity index is 1150. The summed E-state index contributed by atoms with van der Waals surface area (Å²) in [6, 6.07) is 8.07. The Hall–Kier alpha value is -3.42. The van der Waals surface area contributed by atoms with Crippen molar-refractivity contribution < 1.29 is 14.3 Å². The summed E-state index contributed by atoms with van der Waals surface area (Å²) in [6.45, 7) is 11.8. The lowest BCUT2D eigenvalue weighted by Crippen LogP contribution is -2.54. The standard InChI is InChI=1S/C26H33N5O3/c1-6-33-19-13-20(21-16-27-17-29-22(21)14-19)18-7-8-23(28-15-18)31-11-9-26(5,10-12-31)30-24(32)34-25(2,3)4/h7-8,13-17H,6,9-12H2,1-5H3,(H,30,32). The number of ether oxygens (including phenoxy) is 2. The molecule has 8 heteroatoms. The molecule has 1 aliphatic rings. The number of nitrogens with one attached hydrogen (secondary N) is 1. The zero-order chi connectivity index (χ0) is 24.3. The first-order chi connectivity index (χ1) is 16.2. The third-order valence-electron chi connectivity index (χ3n) is 5.96. The van der Waals surface area contributed by atoms with Gasteiger partial charge in [-0.2, -0.15) is 0 Å². The highest BCUT2D eigenvalue weighted by molar-refractivity contribution is 5.95. The van der Waals surface area contributed by atoms with E-state index in [0.29, 0.717) is 6.61 Å². The lowest BCUT2D eigenvalue weighted by Gasteiger charge is -2.40. The molecule has 34 heavy (non-hydrogen) atoms. The SMILES string of the molecule is CCOc1cc(-c2ccc(N3CCC(C)(NC(=O)OC(C)(C)C)CC3)nc2)c2cncnc2c1. The molecule has 4 rings (SSSR count). The van der Waals surface area contributed by atoms with Gasteiger partial charge < -0.3 is 19.7 Å². The minimum Gasteiger partial charge on any atom is -0.494 e. The molecule has 1 saturated heterocycles. The molecule has 0 spiro atoms. The van der Waals surface area contributed by atoms with E-state index in [1.807, 2.05) is 58.3 Å². The normalized spacial score (nSPS) is 15.7. The van der Waals surface area contributed by atoms with Crippen LogP contribution in [0.1, 0.15) is 47.5 Å². The van der Waals surface area contributed by atoms with E-state index < -0.39 is 5.60 Å². The maximum absolute atomic E-state index is 12.2. The number of amides is 1. The molecule has 8 nitrogen and oxygen atoms in total. The van der Waals surface area contributed by atoms with Crippen LogP contribution < -0.4 is 15.0 Å². The first kappa shape index (κ1) is 23.7. The molecule has 180 valence electrons. The van der Waals surface area contributed by atoms with Crippen molar-refractivity contribution in [3.8, 4) is 16.9 Å². The van der Waals surface area contributed by atoms with Crippen molar-refractivity contribution in [2.75, 3.05) is 24.6 Å². The van der Waals surface area contributed by atoms with Gasteiger partial charge in [0, 0.05) is 48.0 Å². The van der Waals surface area contributed by atoms with Gasteiger partial charge in [0.2, 0.25) is 0 Å². The van der Waals surface area contributed by atoms with Crippen LogP contribution in [0, 0.1) is 0 Å². The number of anilines is 1. The number of rotatable bonds is 5. The Morgan fingerprint density at radius 2 is 1.91 bits per heavy atom. The molecular weight excluding hydrogens is 430 g/mol. The van der Waals surface area contributed by atoms with E-state index >= 15 is 0 Å². The zero-order valence-corrected chi connectivity index (χ0v) is 20.6. The molecule has 3 heterocycles. The zero-order valence-electron chi connectivity index (χ0n) is 20.6. The molecular formula is C26H33N5O3. The number of hydrogen-bond acceptors (Lipinski definition) is 7. The summed E-state index contributed by atoms with van der Waals surface area (Å²) in [7, 11) is 0. The molecule has 0 unspecified atom stereocenters. The maximum atomic E-state index is 12.2. The van der Waals surface area contributed by atoms with Gasteiger partial charge in [-0.05, 0) is 71.2 Å². The van der Waals surface area contributed by atoms with E-state index in [-0.39, 0.29) is 11.6 Å².